The number of tetrazole rings is 1. The Bertz CT molecular complexity index is 1000. The van der Waals surface area contributed by atoms with Crippen LogP contribution in [-0.2, 0) is 4.79 Å². The number of methoxy groups -OCH3 is 4. The summed E-state index contributed by atoms with van der Waals surface area (Å²) in [5.41, 5.74) is 1.16. The van der Waals surface area contributed by atoms with Crippen molar-refractivity contribution >= 4 is 23.4 Å². The van der Waals surface area contributed by atoms with Gasteiger partial charge in [-0.1, -0.05) is 11.8 Å². The second-order valence-electron chi connectivity index (χ2n) is 5.85. The number of hydrogen-bond acceptors (Lipinski definition) is 9. The maximum Gasteiger partial charge on any atom is 0.234 e. The number of anilines is 1. The lowest BCUT2D eigenvalue weighted by Crippen LogP contribution is -2.15. The summed E-state index contributed by atoms with van der Waals surface area (Å²) >= 11 is 1.19. The summed E-state index contributed by atoms with van der Waals surface area (Å²) in [5, 5.41) is 15.0. The van der Waals surface area contributed by atoms with E-state index in [0.717, 1.165) is 0 Å². The maximum absolute atomic E-state index is 12.5. The lowest BCUT2D eigenvalue weighted by molar-refractivity contribution is -0.113. The van der Waals surface area contributed by atoms with Crippen LogP contribution < -0.4 is 24.3 Å². The maximum atomic E-state index is 12.5. The molecular weight excluding hydrogens is 410 g/mol. The standard InChI is InChI=1S/C19H21N5O5S/c1-26-13-5-6-17(29-4)16(10-13)20-18(25)11-30-19-21-22-23-24(19)12-7-14(27-2)9-15(8-12)28-3/h5-10H,11H2,1-4H3,(H,20,25). The Kier molecular flexibility index (Phi) is 6.96. The fraction of sp³-hybridized carbons (Fsp3) is 0.263. The van der Waals surface area contributed by atoms with Crippen molar-refractivity contribution in [2.45, 2.75) is 5.16 Å². The van der Waals surface area contributed by atoms with Crippen molar-refractivity contribution in [1.82, 2.24) is 20.2 Å². The number of carbonyl (C=O) groups excluding carboxylic acids is 1. The van der Waals surface area contributed by atoms with Crippen LogP contribution in [0.4, 0.5) is 5.69 Å². The van der Waals surface area contributed by atoms with Gasteiger partial charge in [0.15, 0.2) is 0 Å². The van der Waals surface area contributed by atoms with Crippen molar-refractivity contribution in [3.05, 3.63) is 36.4 Å². The molecule has 3 rings (SSSR count). The normalized spacial score (nSPS) is 10.4. The van der Waals surface area contributed by atoms with Crippen LogP contribution in [0.3, 0.4) is 0 Å². The molecule has 0 saturated carbocycles. The van der Waals surface area contributed by atoms with Gasteiger partial charge in [0.05, 0.1) is 45.6 Å². The smallest absolute Gasteiger partial charge is 0.234 e. The zero-order valence-electron chi connectivity index (χ0n) is 16.9. The topological polar surface area (TPSA) is 110 Å². The molecule has 1 N–H and O–H groups in total. The van der Waals surface area contributed by atoms with Crippen LogP contribution in [0.5, 0.6) is 23.0 Å². The summed E-state index contributed by atoms with van der Waals surface area (Å²) in [5.74, 6) is 2.17. The van der Waals surface area contributed by atoms with Gasteiger partial charge >= 0.3 is 0 Å². The molecule has 1 heterocycles. The molecule has 0 saturated heterocycles. The molecule has 0 aliphatic carbocycles. The van der Waals surface area contributed by atoms with Crippen molar-refractivity contribution in [3.8, 4) is 28.7 Å². The van der Waals surface area contributed by atoms with Crippen LogP contribution in [0.2, 0.25) is 0 Å². The Morgan fingerprint density at radius 2 is 1.67 bits per heavy atom. The largest absolute Gasteiger partial charge is 0.497 e. The third-order valence-electron chi connectivity index (χ3n) is 4.03. The summed E-state index contributed by atoms with van der Waals surface area (Å²) in [6.07, 6.45) is 0. The first-order chi connectivity index (χ1) is 14.6. The lowest BCUT2D eigenvalue weighted by atomic mass is 10.2. The Labute approximate surface area is 177 Å². The quantitative estimate of drug-likeness (QED) is 0.511. The molecule has 1 aromatic heterocycles. The van der Waals surface area contributed by atoms with Gasteiger partial charge in [-0.05, 0) is 22.6 Å². The van der Waals surface area contributed by atoms with Gasteiger partial charge in [0.1, 0.15) is 23.0 Å². The summed E-state index contributed by atoms with van der Waals surface area (Å²) < 4.78 is 22.6. The van der Waals surface area contributed by atoms with Crippen LogP contribution in [-0.4, -0.2) is 60.3 Å². The number of thioether (sulfide) groups is 1. The molecular formula is C19H21N5O5S. The molecule has 0 unspecified atom stereocenters. The Balaban J connectivity index is 1.73. The van der Waals surface area contributed by atoms with Crippen LogP contribution in [0.25, 0.3) is 5.69 Å². The second-order valence-corrected chi connectivity index (χ2v) is 6.79. The summed E-state index contributed by atoms with van der Waals surface area (Å²) in [6.45, 7) is 0. The Morgan fingerprint density at radius 1 is 0.967 bits per heavy atom. The average Bonchev–Trinajstić information content (AvgIpc) is 3.26. The van der Waals surface area contributed by atoms with Gasteiger partial charge < -0.3 is 24.3 Å². The van der Waals surface area contributed by atoms with E-state index in [4.69, 9.17) is 18.9 Å². The number of amides is 1. The number of aromatic nitrogens is 4. The number of nitrogens with one attached hydrogen (secondary N) is 1. The van der Waals surface area contributed by atoms with Crippen molar-refractivity contribution in [3.63, 3.8) is 0 Å². The van der Waals surface area contributed by atoms with Crippen LogP contribution in [0.15, 0.2) is 41.6 Å². The molecule has 0 radical (unpaired) electrons. The van der Waals surface area contributed by atoms with E-state index in [1.165, 1.54) is 23.6 Å². The summed E-state index contributed by atoms with van der Waals surface area (Å²) in [4.78, 5) is 12.5. The number of benzene rings is 2. The van der Waals surface area contributed by atoms with Crippen molar-refractivity contribution in [1.29, 1.82) is 0 Å². The molecule has 158 valence electrons. The van der Waals surface area contributed by atoms with Gasteiger partial charge in [-0.2, -0.15) is 4.68 Å². The van der Waals surface area contributed by atoms with Gasteiger partial charge in [-0.3, -0.25) is 4.79 Å². The van der Waals surface area contributed by atoms with Crippen LogP contribution in [0.1, 0.15) is 0 Å². The molecule has 10 nitrogen and oxygen atoms in total. The molecule has 0 fully saturated rings. The third-order valence-corrected chi connectivity index (χ3v) is 4.95. The van der Waals surface area contributed by atoms with E-state index in [9.17, 15) is 4.79 Å². The van der Waals surface area contributed by atoms with Crippen molar-refractivity contribution in [2.75, 3.05) is 39.5 Å². The van der Waals surface area contributed by atoms with E-state index in [0.29, 0.717) is 39.5 Å². The molecule has 0 bridgehead atoms. The van der Waals surface area contributed by atoms with Crippen LogP contribution in [0, 0.1) is 0 Å². The van der Waals surface area contributed by atoms with E-state index in [-0.39, 0.29) is 11.7 Å². The Morgan fingerprint density at radius 3 is 2.30 bits per heavy atom. The number of nitrogens with zero attached hydrogens (tertiary/aromatic N) is 4. The van der Waals surface area contributed by atoms with E-state index in [1.54, 1.807) is 57.7 Å². The highest BCUT2D eigenvalue weighted by Gasteiger charge is 2.15. The minimum absolute atomic E-state index is 0.0852. The van der Waals surface area contributed by atoms with E-state index in [2.05, 4.69) is 20.8 Å². The minimum Gasteiger partial charge on any atom is -0.497 e. The number of ether oxygens (including phenoxy) is 4. The Hall–Kier alpha value is -3.47. The van der Waals surface area contributed by atoms with E-state index >= 15 is 0 Å². The number of carbonyl (C=O) groups is 1. The minimum atomic E-state index is -0.246. The number of rotatable bonds is 9. The third kappa shape index (κ3) is 4.92. The predicted molar refractivity (Wildman–Crippen MR) is 111 cm³/mol. The van der Waals surface area contributed by atoms with Gasteiger partial charge in [-0.15, -0.1) is 5.10 Å². The second kappa shape index (κ2) is 9.83. The lowest BCUT2D eigenvalue weighted by Gasteiger charge is -2.12. The molecule has 1 amide bonds. The highest BCUT2D eigenvalue weighted by Crippen LogP contribution is 2.30. The molecule has 30 heavy (non-hydrogen) atoms. The average molecular weight is 431 g/mol. The van der Waals surface area contributed by atoms with E-state index in [1.807, 2.05) is 0 Å². The van der Waals surface area contributed by atoms with Crippen molar-refractivity contribution in [2.24, 2.45) is 0 Å². The molecule has 2 aromatic carbocycles. The SMILES string of the molecule is COc1cc(OC)cc(-n2nnnc2SCC(=O)Nc2cc(OC)ccc2OC)c1. The molecule has 0 spiro atoms. The first kappa shape index (κ1) is 21.2. The fourth-order valence-electron chi connectivity index (χ4n) is 2.57. The fourth-order valence-corrected chi connectivity index (χ4v) is 3.26. The van der Waals surface area contributed by atoms with Gasteiger partial charge in [0, 0.05) is 24.3 Å². The van der Waals surface area contributed by atoms with Gasteiger partial charge in [0.2, 0.25) is 11.1 Å². The zero-order valence-corrected chi connectivity index (χ0v) is 17.7. The molecule has 0 aliphatic heterocycles. The zero-order chi connectivity index (χ0) is 21.5. The predicted octanol–water partition coefficient (Wildman–Crippen LogP) is 2.43. The van der Waals surface area contributed by atoms with Gasteiger partial charge in [-0.25, -0.2) is 0 Å². The summed E-state index contributed by atoms with van der Waals surface area (Å²) in [6, 6.07) is 10.4. The molecule has 0 aliphatic rings. The van der Waals surface area contributed by atoms with E-state index < -0.39 is 0 Å². The number of hydrogen-bond donors (Lipinski definition) is 1. The van der Waals surface area contributed by atoms with Crippen LogP contribution >= 0.6 is 11.8 Å². The van der Waals surface area contributed by atoms with Gasteiger partial charge in [0.25, 0.3) is 0 Å². The van der Waals surface area contributed by atoms with Crippen molar-refractivity contribution < 1.29 is 23.7 Å². The molecule has 0 atom stereocenters. The summed E-state index contributed by atoms with van der Waals surface area (Å²) in [7, 11) is 6.20. The first-order valence-corrected chi connectivity index (χ1v) is 9.73. The molecule has 11 heteroatoms. The highest BCUT2D eigenvalue weighted by atomic mass is 32.2. The monoisotopic (exact) mass is 431 g/mol. The first-order valence-electron chi connectivity index (χ1n) is 8.74. The highest BCUT2D eigenvalue weighted by molar-refractivity contribution is 7.99. The molecule has 3 aromatic rings.